The number of carbonyl (C=O) groups excluding carboxylic acids is 2. The Morgan fingerprint density at radius 1 is 1.17 bits per heavy atom. The summed E-state index contributed by atoms with van der Waals surface area (Å²) in [6, 6.07) is 3.55. The fourth-order valence-electron chi connectivity index (χ4n) is 4.49. The van der Waals surface area contributed by atoms with Crippen LogP contribution in [-0.4, -0.2) is 86.7 Å². The molecule has 0 bridgehead atoms. The van der Waals surface area contributed by atoms with Gasteiger partial charge in [-0.05, 0) is 37.5 Å². The minimum atomic E-state index is -0.937. The number of piperazine rings is 1. The smallest absolute Gasteiger partial charge is 0.251 e. The zero-order valence-corrected chi connectivity index (χ0v) is 17.9. The van der Waals surface area contributed by atoms with Crippen LogP contribution in [0.15, 0.2) is 12.1 Å². The summed E-state index contributed by atoms with van der Waals surface area (Å²) < 4.78 is 22.3. The van der Waals surface area contributed by atoms with Crippen LogP contribution in [-0.2, 0) is 20.9 Å². The van der Waals surface area contributed by atoms with Crippen LogP contribution in [0.1, 0.15) is 35.7 Å². The molecule has 2 saturated heterocycles. The van der Waals surface area contributed by atoms with Crippen molar-refractivity contribution in [2.24, 2.45) is 0 Å². The molecule has 0 aliphatic carbocycles. The first kappa shape index (κ1) is 21.1. The quantitative estimate of drug-likeness (QED) is 0.717. The van der Waals surface area contributed by atoms with Crippen LogP contribution in [0.3, 0.4) is 0 Å². The second-order valence-electron chi connectivity index (χ2n) is 8.32. The first-order valence-corrected chi connectivity index (χ1v) is 10.5. The number of fused-ring (bicyclic) bond motifs is 1. The van der Waals surface area contributed by atoms with E-state index in [1.54, 1.807) is 26.4 Å². The maximum Gasteiger partial charge on any atom is 0.251 e. The number of hydrogen-bond acceptors (Lipinski definition) is 7. The van der Waals surface area contributed by atoms with Gasteiger partial charge in [0.25, 0.3) is 5.91 Å². The summed E-state index contributed by atoms with van der Waals surface area (Å²) >= 11 is 0. The van der Waals surface area contributed by atoms with Gasteiger partial charge in [-0.1, -0.05) is 0 Å². The summed E-state index contributed by atoms with van der Waals surface area (Å²) in [6.07, 6.45) is 1.49. The number of ketones is 1. The zero-order chi connectivity index (χ0) is 21.3. The number of amides is 1. The number of ether oxygens (including phenoxy) is 4. The van der Waals surface area contributed by atoms with Crippen LogP contribution in [0.25, 0.3) is 0 Å². The van der Waals surface area contributed by atoms with Crippen LogP contribution in [0.2, 0.25) is 0 Å². The van der Waals surface area contributed by atoms with Crippen LogP contribution in [0.5, 0.6) is 11.5 Å². The van der Waals surface area contributed by atoms with Crippen molar-refractivity contribution in [2.75, 3.05) is 53.6 Å². The predicted molar refractivity (Wildman–Crippen MR) is 109 cm³/mol. The van der Waals surface area contributed by atoms with Crippen molar-refractivity contribution < 1.29 is 28.5 Å². The lowest BCUT2D eigenvalue weighted by Gasteiger charge is -2.41. The normalized spacial score (nSPS) is 27.1. The van der Waals surface area contributed by atoms with Crippen molar-refractivity contribution in [2.45, 2.75) is 38.1 Å². The molecular weight excluding hydrogens is 388 g/mol. The van der Waals surface area contributed by atoms with Crippen molar-refractivity contribution in [1.29, 1.82) is 0 Å². The average Bonchev–Trinajstić information content (AvgIpc) is 3.31. The third-order valence-electron chi connectivity index (χ3n) is 6.29. The summed E-state index contributed by atoms with van der Waals surface area (Å²) in [6.45, 7) is 6.06. The molecule has 0 N–H and O–H groups in total. The lowest BCUT2D eigenvalue weighted by Crippen LogP contribution is -2.57. The molecule has 3 aliphatic heterocycles. The fraction of sp³-hybridized carbons (Fsp3) is 0.636. The first-order valence-electron chi connectivity index (χ1n) is 10.5. The Hall–Kier alpha value is -2.16. The van der Waals surface area contributed by atoms with Crippen molar-refractivity contribution in [3.05, 3.63) is 23.3 Å². The second kappa shape index (κ2) is 8.53. The molecule has 2 unspecified atom stereocenters. The van der Waals surface area contributed by atoms with Gasteiger partial charge in [0.2, 0.25) is 0 Å². The predicted octanol–water partition coefficient (Wildman–Crippen LogP) is 1.50. The number of nitrogens with zero attached hydrogens (tertiary/aromatic N) is 2. The van der Waals surface area contributed by atoms with E-state index in [4.69, 9.17) is 18.9 Å². The van der Waals surface area contributed by atoms with E-state index in [9.17, 15) is 9.59 Å². The number of Topliss-reactive ketones (excluding diaryl/α,β-unsaturated/α-hetero) is 1. The van der Waals surface area contributed by atoms with Gasteiger partial charge in [-0.15, -0.1) is 0 Å². The summed E-state index contributed by atoms with van der Waals surface area (Å²) in [5.74, 6) is 1.17. The molecule has 3 heterocycles. The van der Waals surface area contributed by atoms with E-state index in [0.29, 0.717) is 63.0 Å². The number of rotatable bonds is 5. The fourth-order valence-corrected chi connectivity index (χ4v) is 4.49. The highest BCUT2D eigenvalue weighted by Crippen LogP contribution is 2.37. The molecule has 0 saturated carbocycles. The van der Waals surface area contributed by atoms with Crippen LogP contribution in [0.4, 0.5) is 0 Å². The van der Waals surface area contributed by atoms with Gasteiger partial charge in [-0.3, -0.25) is 14.5 Å². The molecule has 0 aromatic heterocycles. The summed E-state index contributed by atoms with van der Waals surface area (Å²) in [5.41, 5.74) is 0.489. The lowest BCUT2D eigenvalue weighted by atomic mass is 9.87. The minimum absolute atomic E-state index is 0.0532. The molecule has 1 aromatic carbocycles. The monoisotopic (exact) mass is 418 g/mol. The highest BCUT2D eigenvalue weighted by Gasteiger charge is 2.42. The summed E-state index contributed by atoms with van der Waals surface area (Å²) in [7, 11) is 3.13. The summed E-state index contributed by atoms with van der Waals surface area (Å²) in [5, 5.41) is 0. The van der Waals surface area contributed by atoms with E-state index in [2.05, 4.69) is 4.90 Å². The molecule has 3 aliphatic rings. The van der Waals surface area contributed by atoms with Gasteiger partial charge in [-0.25, -0.2) is 0 Å². The molecule has 0 radical (unpaired) electrons. The number of methoxy groups -OCH3 is 2. The largest absolute Gasteiger partial charge is 0.493 e. The van der Waals surface area contributed by atoms with Gasteiger partial charge >= 0.3 is 0 Å². The molecule has 1 aromatic rings. The highest BCUT2D eigenvalue weighted by atomic mass is 16.5. The molecule has 0 spiro atoms. The molecule has 8 heteroatoms. The number of benzene rings is 1. The summed E-state index contributed by atoms with van der Waals surface area (Å²) in [4.78, 5) is 29.9. The maximum atomic E-state index is 13.3. The zero-order valence-electron chi connectivity index (χ0n) is 17.9. The Morgan fingerprint density at radius 3 is 2.50 bits per heavy atom. The highest BCUT2D eigenvalue weighted by molar-refractivity contribution is 6.05. The minimum Gasteiger partial charge on any atom is -0.493 e. The Morgan fingerprint density at radius 2 is 1.87 bits per heavy atom. The Balaban J connectivity index is 1.40. The van der Waals surface area contributed by atoms with Crippen LogP contribution >= 0.6 is 0 Å². The van der Waals surface area contributed by atoms with Gasteiger partial charge in [0, 0.05) is 44.9 Å². The van der Waals surface area contributed by atoms with Crippen molar-refractivity contribution >= 4 is 11.7 Å². The Labute approximate surface area is 177 Å². The van der Waals surface area contributed by atoms with Gasteiger partial charge in [0.15, 0.2) is 17.3 Å². The Bertz CT molecular complexity index is 814. The van der Waals surface area contributed by atoms with E-state index in [0.717, 1.165) is 18.4 Å². The van der Waals surface area contributed by atoms with Gasteiger partial charge in [0.05, 0.1) is 20.8 Å². The van der Waals surface area contributed by atoms with Gasteiger partial charge in [-0.2, -0.15) is 0 Å². The number of hydrogen-bond donors (Lipinski definition) is 0. The second-order valence-corrected chi connectivity index (χ2v) is 8.32. The third-order valence-corrected chi connectivity index (χ3v) is 6.29. The van der Waals surface area contributed by atoms with Crippen LogP contribution in [0, 0.1) is 0 Å². The van der Waals surface area contributed by atoms with E-state index in [1.807, 2.05) is 11.8 Å². The van der Waals surface area contributed by atoms with Gasteiger partial charge in [0.1, 0.15) is 11.7 Å². The molecule has 4 rings (SSSR count). The molecule has 30 heavy (non-hydrogen) atoms. The van der Waals surface area contributed by atoms with E-state index >= 15 is 0 Å². The molecule has 164 valence electrons. The van der Waals surface area contributed by atoms with Gasteiger partial charge < -0.3 is 23.8 Å². The third kappa shape index (κ3) is 3.91. The maximum absolute atomic E-state index is 13.3. The first-order chi connectivity index (χ1) is 14.4. The lowest BCUT2D eigenvalue weighted by molar-refractivity contribution is -0.143. The van der Waals surface area contributed by atoms with Crippen molar-refractivity contribution in [3.63, 3.8) is 0 Å². The van der Waals surface area contributed by atoms with Crippen LogP contribution < -0.4 is 9.47 Å². The van der Waals surface area contributed by atoms with Crippen molar-refractivity contribution in [1.82, 2.24) is 9.80 Å². The van der Waals surface area contributed by atoms with E-state index < -0.39 is 5.60 Å². The average molecular weight is 418 g/mol. The molecule has 1 amide bonds. The Kier molecular flexibility index (Phi) is 5.99. The topological polar surface area (TPSA) is 77.5 Å². The molecular formula is C22H30N2O6. The molecule has 2 fully saturated rings. The van der Waals surface area contributed by atoms with E-state index in [-0.39, 0.29) is 17.8 Å². The molecule has 2 atom stereocenters. The number of carbonyl (C=O) groups is 2. The standard InChI is InChI=1S/C22H30N2O6/c1-22(14-23-6-8-24(9-7-23)21(26)17-5-4-10-29-17)20(25)16-12-19(28-3)18(27-2)11-15(16)13-30-22/h11-12,17H,4-10,13-14H2,1-3H3. The SMILES string of the molecule is COc1cc2c(cc1OC)C(=O)C(C)(CN1CCN(C(=O)C3CCCO3)CC1)OC2. The van der Waals surface area contributed by atoms with E-state index in [1.165, 1.54) is 0 Å². The molecule has 8 nitrogen and oxygen atoms in total. The van der Waals surface area contributed by atoms with Crippen molar-refractivity contribution in [3.8, 4) is 11.5 Å².